The number of hydrogen-bond acceptors (Lipinski definition) is 5. The van der Waals surface area contributed by atoms with E-state index >= 15 is 0 Å². The van der Waals surface area contributed by atoms with Gasteiger partial charge in [-0.1, -0.05) is 18.2 Å². The molecule has 0 atom stereocenters. The third-order valence-corrected chi connectivity index (χ3v) is 4.73. The van der Waals surface area contributed by atoms with E-state index in [-0.39, 0.29) is 11.8 Å². The van der Waals surface area contributed by atoms with Crippen LogP contribution in [0.2, 0.25) is 0 Å². The van der Waals surface area contributed by atoms with Crippen molar-refractivity contribution in [3.8, 4) is 11.5 Å². The van der Waals surface area contributed by atoms with Crippen molar-refractivity contribution in [3.63, 3.8) is 0 Å². The molecule has 1 amide bonds. The number of rotatable bonds is 6. The third-order valence-electron chi connectivity index (χ3n) is 4.73. The van der Waals surface area contributed by atoms with Gasteiger partial charge >= 0.3 is 0 Å². The number of amides is 1. The second-order valence-electron chi connectivity index (χ2n) is 6.87. The molecule has 0 unspecified atom stereocenters. The van der Waals surface area contributed by atoms with Gasteiger partial charge < -0.3 is 20.1 Å². The molecule has 6 nitrogen and oxygen atoms in total. The molecule has 0 spiro atoms. The smallest absolute Gasteiger partial charge is 0.228 e. The quantitative estimate of drug-likeness (QED) is 0.622. The number of nitrogens with one attached hydrogen (secondary N) is 2. The van der Waals surface area contributed by atoms with Crippen LogP contribution in [0.15, 0.2) is 72.9 Å². The van der Waals surface area contributed by atoms with Gasteiger partial charge in [-0.25, -0.2) is 4.98 Å². The highest BCUT2D eigenvalue weighted by atomic mass is 16.5. The molecule has 6 heteroatoms. The van der Waals surface area contributed by atoms with Gasteiger partial charge in [0.25, 0.3) is 0 Å². The van der Waals surface area contributed by atoms with E-state index in [1.54, 1.807) is 12.3 Å². The number of benzene rings is 2. The molecule has 3 aromatic rings. The van der Waals surface area contributed by atoms with Crippen LogP contribution in [0.1, 0.15) is 12.8 Å². The summed E-state index contributed by atoms with van der Waals surface area (Å²) < 4.78 is 11.1. The highest BCUT2D eigenvalue weighted by Gasteiger charge is 2.21. The molecular weight excluding hydrogens is 366 g/mol. The second kappa shape index (κ2) is 9.21. The van der Waals surface area contributed by atoms with Crippen LogP contribution in [0.3, 0.4) is 0 Å². The van der Waals surface area contributed by atoms with Crippen molar-refractivity contribution < 1.29 is 14.3 Å². The van der Waals surface area contributed by atoms with Crippen LogP contribution in [0.25, 0.3) is 0 Å². The maximum absolute atomic E-state index is 12.3. The SMILES string of the molecule is O=C(Nc1ccc(Nc2ccc(Oc3ccccc3)cc2)cn1)C1CCOCC1. The third kappa shape index (κ3) is 5.33. The molecule has 29 heavy (non-hydrogen) atoms. The first-order valence-electron chi connectivity index (χ1n) is 9.71. The van der Waals surface area contributed by atoms with Gasteiger partial charge in [-0.15, -0.1) is 0 Å². The number of pyridine rings is 1. The monoisotopic (exact) mass is 389 g/mol. The fourth-order valence-electron chi connectivity index (χ4n) is 3.13. The minimum Gasteiger partial charge on any atom is -0.457 e. The van der Waals surface area contributed by atoms with E-state index in [4.69, 9.17) is 9.47 Å². The summed E-state index contributed by atoms with van der Waals surface area (Å²) in [6, 6.07) is 21.1. The summed E-state index contributed by atoms with van der Waals surface area (Å²) in [5.41, 5.74) is 1.76. The Balaban J connectivity index is 1.32. The van der Waals surface area contributed by atoms with E-state index in [9.17, 15) is 4.79 Å². The van der Waals surface area contributed by atoms with Gasteiger partial charge in [0.1, 0.15) is 17.3 Å². The van der Waals surface area contributed by atoms with Gasteiger partial charge in [0.2, 0.25) is 5.91 Å². The summed E-state index contributed by atoms with van der Waals surface area (Å²) in [5, 5.41) is 6.18. The van der Waals surface area contributed by atoms with Crippen LogP contribution in [0, 0.1) is 5.92 Å². The lowest BCUT2D eigenvalue weighted by molar-refractivity contribution is -0.122. The Bertz CT molecular complexity index is 922. The number of ether oxygens (including phenoxy) is 2. The molecule has 1 saturated heterocycles. The van der Waals surface area contributed by atoms with Crippen molar-refractivity contribution >= 4 is 23.1 Å². The molecular formula is C23H23N3O3. The van der Waals surface area contributed by atoms with Crippen molar-refractivity contribution in [2.45, 2.75) is 12.8 Å². The molecule has 2 aromatic carbocycles. The summed E-state index contributed by atoms with van der Waals surface area (Å²) in [6.45, 7) is 1.28. The number of carbonyl (C=O) groups is 1. The average molecular weight is 389 g/mol. The molecule has 0 bridgehead atoms. The van der Waals surface area contributed by atoms with Gasteiger partial charge in [-0.05, 0) is 61.4 Å². The highest BCUT2D eigenvalue weighted by Crippen LogP contribution is 2.24. The Hall–Kier alpha value is -3.38. The summed E-state index contributed by atoms with van der Waals surface area (Å²) in [6.07, 6.45) is 3.22. The number of para-hydroxylation sites is 1. The normalized spacial score (nSPS) is 14.2. The fraction of sp³-hybridized carbons (Fsp3) is 0.217. The number of carbonyl (C=O) groups excluding carboxylic acids is 1. The number of aromatic nitrogens is 1. The van der Waals surface area contributed by atoms with Crippen molar-refractivity contribution in [2.75, 3.05) is 23.8 Å². The van der Waals surface area contributed by atoms with Crippen LogP contribution < -0.4 is 15.4 Å². The fourth-order valence-corrected chi connectivity index (χ4v) is 3.13. The van der Waals surface area contributed by atoms with E-state index in [1.165, 1.54) is 0 Å². The standard InChI is InChI=1S/C23H23N3O3/c27-23(17-12-14-28-15-13-17)26-22-11-8-19(16-24-22)25-18-6-9-21(10-7-18)29-20-4-2-1-3-5-20/h1-11,16-17,25H,12-15H2,(H,24,26,27). The largest absolute Gasteiger partial charge is 0.457 e. The number of hydrogen-bond donors (Lipinski definition) is 2. The maximum atomic E-state index is 12.3. The Labute approximate surface area is 169 Å². The lowest BCUT2D eigenvalue weighted by Gasteiger charge is -2.20. The zero-order chi connectivity index (χ0) is 19.9. The molecule has 0 radical (unpaired) electrons. The van der Waals surface area contributed by atoms with Crippen LogP contribution in [0.5, 0.6) is 11.5 Å². The topological polar surface area (TPSA) is 72.5 Å². The Morgan fingerprint density at radius 2 is 1.59 bits per heavy atom. The number of nitrogens with zero attached hydrogens (tertiary/aromatic N) is 1. The average Bonchev–Trinajstić information content (AvgIpc) is 2.78. The molecule has 148 valence electrons. The van der Waals surface area contributed by atoms with Gasteiger partial charge in [0.15, 0.2) is 0 Å². The first kappa shape index (κ1) is 19.0. The predicted octanol–water partition coefficient (Wildman–Crippen LogP) is 4.98. The van der Waals surface area contributed by atoms with E-state index in [2.05, 4.69) is 15.6 Å². The van der Waals surface area contributed by atoms with Crippen LogP contribution >= 0.6 is 0 Å². The Morgan fingerprint density at radius 3 is 2.28 bits per heavy atom. The Kier molecular flexibility index (Phi) is 6.02. The summed E-state index contributed by atoms with van der Waals surface area (Å²) in [5.74, 6) is 2.14. The van der Waals surface area contributed by atoms with E-state index in [0.29, 0.717) is 19.0 Å². The van der Waals surface area contributed by atoms with E-state index in [1.807, 2.05) is 60.7 Å². The van der Waals surface area contributed by atoms with Gasteiger partial charge in [-0.2, -0.15) is 0 Å². The van der Waals surface area contributed by atoms with Crippen molar-refractivity contribution in [1.29, 1.82) is 0 Å². The van der Waals surface area contributed by atoms with Crippen molar-refractivity contribution in [2.24, 2.45) is 5.92 Å². The summed E-state index contributed by atoms with van der Waals surface area (Å²) >= 11 is 0. The molecule has 0 saturated carbocycles. The molecule has 1 aromatic heterocycles. The lowest BCUT2D eigenvalue weighted by Crippen LogP contribution is -2.28. The van der Waals surface area contributed by atoms with Gasteiger partial charge in [0.05, 0.1) is 11.9 Å². The van der Waals surface area contributed by atoms with Crippen LogP contribution in [-0.2, 0) is 9.53 Å². The zero-order valence-corrected chi connectivity index (χ0v) is 16.0. The zero-order valence-electron chi connectivity index (χ0n) is 16.0. The van der Waals surface area contributed by atoms with Crippen molar-refractivity contribution in [3.05, 3.63) is 72.9 Å². The van der Waals surface area contributed by atoms with Gasteiger partial charge in [-0.3, -0.25) is 4.79 Å². The molecule has 4 rings (SSSR count). The van der Waals surface area contributed by atoms with Crippen molar-refractivity contribution in [1.82, 2.24) is 4.98 Å². The second-order valence-corrected chi connectivity index (χ2v) is 6.87. The van der Waals surface area contributed by atoms with Crippen LogP contribution in [-0.4, -0.2) is 24.1 Å². The highest BCUT2D eigenvalue weighted by molar-refractivity contribution is 5.91. The van der Waals surface area contributed by atoms with E-state index < -0.39 is 0 Å². The lowest BCUT2D eigenvalue weighted by atomic mass is 9.99. The predicted molar refractivity (Wildman–Crippen MR) is 113 cm³/mol. The minimum absolute atomic E-state index is 0.0000268. The molecule has 1 aliphatic heterocycles. The van der Waals surface area contributed by atoms with Crippen LogP contribution in [0.4, 0.5) is 17.2 Å². The molecule has 1 aliphatic rings. The first-order chi connectivity index (χ1) is 14.3. The first-order valence-corrected chi connectivity index (χ1v) is 9.71. The molecule has 0 aliphatic carbocycles. The minimum atomic E-state index is -0.0000268. The number of anilines is 3. The molecule has 1 fully saturated rings. The maximum Gasteiger partial charge on any atom is 0.228 e. The van der Waals surface area contributed by atoms with Gasteiger partial charge in [0, 0.05) is 24.8 Å². The molecule has 2 heterocycles. The summed E-state index contributed by atoms with van der Waals surface area (Å²) in [4.78, 5) is 16.6. The summed E-state index contributed by atoms with van der Waals surface area (Å²) in [7, 11) is 0. The van der Waals surface area contributed by atoms with E-state index in [0.717, 1.165) is 35.7 Å². The molecule has 2 N–H and O–H groups in total. The Morgan fingerprint density at radius 1 is 0.897 bits per heavy atom.